The highest BCUT2D eigenvalue weighted by Gasteiger charge is 2.68. The fourth-order valence-corrected chi connectivity index (χ4v) is 2.57. The Balaban J connectivity index is 2.19. The number of halogens is 4. The zero-order valence-corrected chi connectivity index (χ0v) is 13.1. The summed E-state index contributed by atoms with van der Waals surface area (Å²) in [6.45, 7) is 1.12. The molecular weight excluding hydrogens is 319 g/mol. The average molecular weight is 336 g/mol. The summed E-state index contributed by atoms with van der Waals surface area (Å²) in [5.41, 5.74) is -1.07. The molecule has 1 aromatic carbocycles. The number of nitrogens with zero attached hydrogens (tertiary/aromatic N) is 1. The fourth-order valence-electron chi connectivity index (χ4n) is 2.40. The molecule has 3 nitrogen and oxygen atoms in total. The van der Waals surface area contributed by atoms with E-state index in [1.54, 1.807) is 6.07 Å². The van der Waals surface area contributed by atoms with Crippen molar-refractivity contribution in [1.29, 1.82) is 0 Å². The molecule has 0 bridgehead atoms. The molecule has 122 valence electrons. The summed E-state index contributed by atoms with van der Waals surface area (Å²) in [4.78, 5) is 13.1. The van der Waals surface area contributed by atoms with Crippen LogP contribution in [-0.2, 0) is 11.3 Å². The van der Waals surface area contributed by atoms with Crippen LogP contribution in [0.1, 0.15) is 18.9 Å². The summed E-state index contributed by atoms with van der Waals surface area (Å²) >= 11 is 5.53. The Morgan fingerprint density at radius 1 is 1.45 bits per heavy atom. The normalized spacial score (nSPS) is 22.3. The number of methoxy groups -OCH3 is 1. The molecule has 0 aliphatic heterocycles. The molecular formula is C15H17ClF3NO2. The maximum atomic E-state index is 14.2. The second-order valence-electron chi connectivity index (χ2n) is 5.76. The third-order valence-electron chi connectivity index (χ3n) is 4.00. The first-order chi connectivity index (χ1) is 10.2. The van der Waals surface area contributed by atoms with Crippen LogP contribution in [0.2, 0.25) is 0 Å². The lowest BCUT2D eigenvalue weighted by Gasteiger charge is -2.26. The van der Waals surface area contributed by atoms with Crippen LogP contribution in [0.3, 0.4) is 0 Å². The lowest BCUT2D eigenvalue weighted by Crippen LogP contribution is -2.37. The van der Waals surface area contributed by atoms with Gasteiger partial charge in [-0.2, -0.15) is 0 Å². The van der Waals surface area contributed by atoms with E-state index in [-0.39, 0.29) is 36.7 Å². The van der Waals surface area contributed by atoms with E-state index in [0.29, 0.717) is 0 Å². The minimum Gasteiger partial charge on any atom is -0.494 e. The van der Waals surface area contributed by atoms with Gasteiger partial charge in [0.2, 0.25) is 5.91 Å². The van der Waals surface area contributed by atoms with E-state index >= 15 is 0 Å². The molecule has 0 radical (unpaired) electrons. The summed E-state index contributed by atoms with van der Waals surface area (Å²) in [6.07, 6.45) is -0.285. The third-order valence-corrected chi connectivity index (χ3v) is 4.23. The van der Waals surface area contributed by atoms with Gasteiger partial charge in [-0.05, 0) is 6.07 Å². The molecule has 0 saturated heterocycles. The Morgan fingerprint density at radius 3 is 2.59 bits per heavy atom. The molecule has 1 amide bonds. The highest BCUT2D eigenvalue weighted by Crippen LogP contribution is 2.60. The first-order valence-corrected chi connectivity index (χ1v) is 7.30. The van der Waals surface area contributed by atoms with Gasteiger partial charge in [0, 0.05) is 25.1 Å². The molecule has 22 heavy (non-hydrogen) atoms. The molecule has 1 atom stereocenters. The highest BCUT2D eigenvalue weighted by molar-refractivity contribution is 6.27. The van der Waals surface area contributed by atoms with E-state index in [1.807, 2.05) is 0 Å². The van der Waals surface area contributed by atoms with E-state index in [0.717, 1.165) is 0 Å². The van der Waals surface area contributed by atoms with Gasteiger partial charge in [0.05, 0.1) is 12.5 Å². The van der Waals surface area contributed by atoms with Gasteiger partial charge in [0.1, 0.15) is 5.88 Å². The number of benzene rings is 1. The minimum absolute atomic E-state index is 0.0405. The Bertz CT molecular complexity index is 582. The SMILES string of the molecule is COc1cccc(CN(CC2(C)CC2(F)F)C(=O)CCl)c1F. The predicted molar refractivity (Wildman–Crippen MR) is 76.8 cm³/mol. The van der Waals surface area contributed by atoms with Crippen LogP contribution >= 0.6 is 11.6 Å². The van der Waals surface area contributed by atoms with Gasteiger partial charge in [-0.1, -0.05) is 19.1 Å². The largest absolute Gasteiger partial charge is 0.494 e. The van der Waals surface area contributed by atoms with Crippen LogP contribution < -0.4 is 4.74 Å². The van der Waals surface area contributed by atoms with E-state index in [4.69, 9.17) is 16.3 Å². The van der Waals surface area contributed by atoms with Gasteiger partial charge >= 0.3 is 0 Å². The van der Waals surface area contributed by atoms with Gasteiger partial charge < -0.3 is 9.64 Å². The van der Waals surface area contributed by atoms with Crippen LogP contribution in [-0.4, -0.2) is 36.3 Å². The van der Waals surface area contributed by atoms with Crippen LogP contribution in [0, 0.1) is 11.2 Å². The molecule has 1 unspecified atom stereocenters. The molecule has 0 N–H and O–H groups in total. The number of amides is 1. The Hall–Kier alpha value is -1.43. The molecule has 7 heteroatoms. The maximum Gasteiger partial charge on any atom is 0.256 e. The fraction of sp³-hybridized carbons (Fsp3) is 0.533. The third kappa shape index (κ3) is 3.16. The molecule has 1 aliphatic rings. The molecule has 0 heterocycles. The topological polar surface area (TPSA) is 29.5 Å². The molecule has 0 aromatic heterocycles. The summed E-state index contributed by atoms with van der Waals surface area (Å²) in [5, 5.41) is 0. The van der Waals surface area contributed by atoms with Crippen LogP contribution in [0.4, 0.5) is 13.2 Å². The van der Waals surface area contributed by atoms with Crippen molar-refractivity contribution in [1.82, 2.24) is 4.90 Å². The van der Waals surface area contributed by atoms with E-state index < -0.39 is 23.1 Å². The smallest absolute Gasteiger partial charge is 0.256 e. The molecule has 1 saturated carbocycles. The zero-order chi connectivity index (χ0) is 16.5. The number of alkyl halides is 3. The summed E-state index contributed by atoms with van der Waals surface area (Å²) in [6, 6.07) is 4.51. The average Bonchev–Trinajstić information content (AvgIpc) is 2.97. The second-order valence-corrected chi connectivity index (χ2v) is 6.03. The molecule has 1 fully saturated rings. The molecule has 2 rings (SSSR count). The number of rotatable bonds is 6. The predicted octanol–water partition coefficient (Wildman–Crippen LogP) is 3.45. The maximum absolute atomic E-state index is 14.2. The summed E-state index contributed by atoms with van der Waals surface area (Å²) in [7, 11) is 1.33. The quantitative estimate of drug-likeness (QED) is 0.745. The lowest BCUT2D eigenvalue weighted by molar-refractivity contribution is -0.130. The summed E-state index contributed by atoms with van der Waals surface area (Å²) in [5.74, 6) is -4.21. The van der Waals surface area contributed by atoms with E-state index in [1.165, 1.54) is 31.1 Å². The van der Waals surface area contributed by atoms with E-state index in [2.05, 4.69) is 0 Å². The van der Waals surface area contributed by atoms with Gasteiger partial charge in [-0.25, -0.2) is 13.2 Å². The van der Waals surface area contributed by atoms with Crippen molar-refractivity contribution in [2.45, 2.75) is 25.8 Å². The van der Waals surface area contributed by atoms with Gasteiger partial charge in [-0.15, -0.1) is 11.6 Å². The van der Waals surface area contributed by atoms with Crippen LogP contribution in [0.15, 0.2) is 18.2 Å². The first-order valence-electron chi connectivity index (χ1n) is 6.77. The van der Waals surface area contributed by atoms with Crippen molar-refractivity contribution in [2.24, 2.45) is 5.41 Å². The van der Waals surface area contributed by atoms with Crippen molar-refractivity contribution in [2.75, 3.05) is 19.5 Å². The number of hydrogen-bond acceptors (Lipinski definition) is 2. The van der Waals surface area contributed by atoms with Gasteiger partial charge in [0.15, 0.2) is 11.6 Å². The molecule has 1 aliphatic carbocycles. The highest BCUT2D eigenvalue weighted by atomic mass is 35.5. The summed E-state index contributed by atoms with van der Waals surface area (Å²) < 4.78 is 45.8. The van der Waals surface area contributed by atoms with Gasteiger partial charge in [0.25, 0.3) is 5.92 Å². The van der Waals surface area contributed by atoms with Crippen LogP contribution in [0.25, 0.3) is 0 Å². The van der Waals surface area contributed by atoms with Crippen molar-refractivity contribution in [3.8, 4) is 5.75 Å². The van der Waals surface area contributed by atoms with Crippen molar-refractivity contribution in [3.63, 3.8) is 0 Å². The number of ether oxygens (including phenoxy) is 1. The first kappa shape index (κ1) is 16.9. The number of carbonyl (C=O) groups excluding carboxylic acids is 1. The Labute approximate surface area is 132 Å². The van der Waals surface area contributed by atoms with Gasteiger partial charge in [-0.3, -0.25) is 4.79 Å². The van der Waals surface area contributed by atoms with Crippen molar-refractivity contribution in [3.05, 3.63) is 29.6 Å². The zero-order valence-electron chi connectivity index (χ0n) is 12.3. The van der Waals surface area contributed by atoms with Crippen molar-refractivity contribution >= 4 is 17.5 Å². The van der Waals surface area contributed by atoms with Crippen molar-refractivity contribution < 1.29 is 22.7 Å². The lowest BCUT2D eigenvalue weighted by atomic mass is 10.1. The number of hydrogen-bond donors (Lipinski definition) is 0. The Morgan fingerprint density at radius 2 is 2.09 bits per heavy atom. The number of carbonyl (C=O) groups is 1. The Kier molecular flexibility index (Phi) is 4.61. The van der Waals surface area contributed by atoms with Crippen LogP contribution in [0.5, 0.6) is 5.75 Å². The van der Waals surface area contributed by atoms with E-state index in [9.17, 15) is 18.0 Å². The second kappa shape index (κ2) is 5.99. The monoisotopic (exact) mass is 335 g/mol. The standard InChI is InChI=1S/C15H17ClF3NO2/c1-14(8-15(14,18)19)9-20(12(21)6-16)7-10-4-3-5-11(22-2)13(10)17/h3-5H,6-9H2,1-2H3. The molecule has 0 spiro atoms. The minimum atomic E-state index is -2.80. The molecule has 1 aromatic rings.